The lowest BCUT2D eigenvalue weighted by atomic mass is 10.1. The van der Waals surface area contributed by atoms with Gasteiger partial charge in [-0.1, -0.05) is 30.7 Å². The average molecular weight is 416 g/mol. The Kier molecular flexibility index (Phi) is 6.66. The third kappa shape index (κ3) is 5.21. The Bertz CT molecular complexity index is 983. The van der Waals surface area contributed by atoms with Crippen molar-refractivity contribution in [1.82, 2.24) is 4.31 Å². The molecule has 1 aliphatic heterocycles. The van der Waals surface area contributed by atoms with Gasteiger partial charge >= 0.3 is 5.97 Å². The molecule has 1 N–H and O–H groups in total. The maximum Gasteiger partial charge on any atom is 0.338 e. The van der Waals surface area contributed by atoms with E-state index in [0.717, 1.165) is 19.3 Å². The fraction of sp³-hybridized carbons (Fsp3) is 0.333. The maximum absolute atomic E-state index is 13.0. The molecule has 0 aromatic heterocycles. The second-order valence-electron chi connectivity index (χ2n) is 6.94. The number of carbonyl (C=O) groups is 2. The molecule has 0 saturated carbocycles. The number of hydrogen-bond acceptors (Lipinski definition) is 5. The number of nitrogens with one attached hydrogen (secondary N) is 1. The molecular weight excluding hydrogens is 392 g/mol. The molecule has 0 aliphatic carbocycles. The number of sulfonamides is 1. The van der Waals surface area contributed by atoms with Crippen LogP contribution in [0.15, 0.2) is 53.4 Å². The van der Waals surface area contributed by atoms with Crippen LogP contribution in [0.25, 0.3) is 0 Å². The lowest BCUT2D eigenvalue weighted by Gasteiger charge is -2.26. The molecule has 0 spiro atoms. The smallest absolute Gasteiger partial charge is 0.338 e. The number of para-hydroxylation sites is 1. The van der Waals surface area contributed by atoms with E-state index in [-0.39, 0.29) is 10.5 Å². The van der Waals surface area contributed by atoms with Crippen LogP contribution in [0.1, 0.15) is 35.2 Å². The quantitative estimate of drug-likeness (QED) is 0.731. The summed E-state index contributed by atoms with van der Waals surface area (Å²) in [5.74, 6) is -1.22. The van der Waals surface area contributed by atoms with E-state index in [1.807, 2.05) is 6.07 Å². The predicted molar refractivity (Wildman–Crippen MR) is 109 cm³/mol. The zero-order chi connectivity index (χ0) is 20.9. The van der Waals surface area contributed by atoms with Crippen molar-refractivity contribution >= 4 is 27.6 Å². The van der Waals surface area contributed by atoms with Crippen LogP contribution in [0.5, 0.6) is 0 Å². The molecule has 0 unspecified atom stereocenters. The molecule has 2 aromatic carbocycles. The van der Waals surface area contributed by atoms with Crippen molar-refractivity contribution in [2.75, 3.05) is 25.0 Å². The third-order valence-electron chi connectivity index (χ3n) is 4.75. The van der Waals surface area contributed by atoms with E-state index in [9.17, 15) is 18.0 Å². The minimum Gasteiger partial charge on any atom is -0.452 e. The second kappa shape index (κ2) is 9.19. The van der Waals surface area contributed by atoms with E-state index in [1.54, 1.807) is 37.3 Å². The zero-order valence-corrected chi connectivity index (χ0v) is 17.1. The Morgan fingerprint density at radius 2 is 1.72 bits per heavy atom. The van der Waals surface area contributed by atoms with Crippen LogP contribution in [0.2, 0.25) is 0 Å². The fourth-order valence-electron chi connectivity index (χ4n) is 3.18. The molecular formula is C21H24N2O5S. The number of ether oxygens (including phenoxy) is 1. The van der Waals surface area contributed by atoms with E-state index in [0.29, 0.717) is 24.3 Å². The number of hydrogen-bond donors (Lipinski definition) is 1. The Morgan fingerprint density at radius 3 is 2.41 bits per heavy atom. The highest BCUT2D eigenvalue weighted by atomic mass is 32.2. The molecule has 0 bridgehead atoms. The van der Waals surface area contributed by atoms with Gasteiger partial charge in [-0.3, -0.25) is 4.79 Å². The molecule has 8 heteroatoms. The molecule has 1 aliphatic rings. The zero-order valence-electron chi connectivity index (χ0n) is 16.3. The highest BCUT2D eigenvalue weighted by molar-refractivity contribution is 7.89. The van der Waals surface area contributed by atoms with Gasteiger partial charge in [-0.2, -0.15) is 4.31 Å². The number of amides is 1. The summed E-state index contributed by atoms with van der Waals surface area (Å²) in [4.78, 5) is 24.4. The van der Waals surface area contributed by atoms with Crippen LogP contribution in [0.3, 0.4) is 0 Å². The van der Waals surface area contributed by atoms with Crippen molar-refractivity contribution in [1.29, 1.82) is 0 Å². The fourth-order valence-corrected chi connectivity index (χ4v) is 4.95. The van der Waals surface area contributed by atoms with Crippen molar-refractivity contribution in [3.05, 3.63) is 59.7 Å². The average Bonchev–Trinajstić information content (AvgIpc) is 2.73. The molecule has 154 valence electrons. The van der Waals surface area contributed by atoms with Gasteiger partial charge in [-0.15, -0.1) is 0 Å². The van der Waals surface area contributed by atoms with Gasteiger partial charge in [-0.05, 0) is 49.6 Å². The van der Waals surface area contributed by atoms with E-state index < -0.39 is 28.5 Å². The Hall–Kier alpha value is -2.71. The molecule has 0 radical (unpaired) electrons. The first kappa shape index (κ1) is 21.0. The van der Waals surface area contributed by atoms with Gasteiger partial charge < -0.3 is 10.1 Å². The van der Waals surface area contributed by atoms with Gasteiger partial charge in [0.05, 0.1) is 10.5 Å². The highest BCUT2D eigenvalue weighted by Crippen LogP contribution is 2.24. The van der Waals surface area contributed by atoms with Crippen LogP contribution in [0.4, 0.5) is 5.69 Å². The molecule has 1 amide bonds. The van der Waals surface area contributed by atoms with Crippen molar-refractivity contribution in [3.63, 3.8) is 0 Å². The van der Waals surface area contributed by atoms with E-state index in [1.165, 1.54) is 16.4 Å². The third-order valence-corrected chi connectivity index (χ3v) is 6.79. The number of carbonyl (C=O) groups excluding carboxylic acids is 2. The van der Waals surface area contributed by atoms with Gasteiger partial charge in [0.15, 0.2) is 6.61 Å². The van der Waals surface area contributed by atoms with Gasteiger partial charge in [0.1, 0.15) is 0 Å². The van der Waals surface area contributed by atoms with Gasteiger partial charge in [0.2, 0.25) is 10.0 Å². The topological polar surface area (TPSA) is 92.8 Å². The van der Waals surface area contributed by atoms with Gasteiger partial charge in [0.25, 0.3) is 5.91 Å². The summed E-state index contributed by atoms with van der Waals surface area (Å²) in [7, 11) is -3.67. The number of benzene rings is 2. The van der Waals surface area contributed by atoms with Crippen molar-refractivity contribution < 1.29 is 22.7 Å². The summed E-state index contributed by atoms with van der Waals surface area (Å²) < 4.78 is 32.4. The van der Waals surface area contributed by atoms with Gasteiger partial charge in [-0.25, -0.2) is 13.2 Å². The summed E-state index contributed by atoms with van der Waals surface area (Å²) in [6.07, 6.45) is 2.68. The van der Waals surface area contributed by atoms with Crippen molar-refractivity contribution in [3.8, 4) is 0 Å². The molecule has 1 heterocycles. The summed E-state index contributed by atoms with van der Waals surface area (Å²) in [6, 6.07) is 13.2. The maximum atomic E-state index is 13.0. The molecule has 0 atom stereocenters. The molecule has 1 fully saturated rings. The minimum absolute atomic E-state index is 0.0960. The Morgan fingerprint density at radius 1 is 1.03 bits per heavy atom. The van der Waals surface area contributed by atoms with Gasteiger partial charge in [0, 0.05) is 18.8 Å². The first-order valence-electron chi connectivity index (χ1n) is 9.51. The SMILES string of the molecule is Cc1ccc(C(=O)OCC(=O)Nc2ccccc2)cc1S(=O)(=O)N1CCCCC1. The predicted octanol–water partition coefficient (Wildman–Crippen LogP) is 2.97. The Labute approximate surface area is 170 Å². The number of esters is 1. The summed E-state index contributed by atoms with van der Waals surface area (Å²) in [5.41, 5.74) is 1.26. The number of piperidine rings is 1. The summed E-state index contributed by atoms with van der Waals surface area (Å²) >= 11 is 0. The summed E-state index contributed by atoms with van der Waals surface area (Å²) in [6.45, 7) is 2.20. The second-order valence-corrected chi connectivity index (χ2v) is 8.84. The van der Waals surface area contributed by atoms with E-state index in [2.05, 4.69) is 5.32 Å². The van der Waals surface area contributed by atoms with Crippen molar-refractivity contribution in [2.24, 2.45) is 0 Å². The van der Waals surface area contributed by atoms with Crippen LogP contribution in [-0.2, 0) is 19.6 Å². The van der Waals surface area contributed by atoms with Crippen LogP contribution < -0.4 is 5.32 Å². The summed E-state index contributed by atoms with van der Waals surface area (Å²) in [5, 5.41) is 2.62. The molecule has 2 aromatic rings. The molecule has 7 nitrogen and oxygen atoms in total. The number of nitrogens with zero attached hydrogens (tertiary/aromatic N) is 1. The lowest BCUT2D eigenvalue weighted by Crippen LogP contribution is -2.36. The number of aryl methyl sites for hydroxylation is 1. The standard InChI is InChI=1S/C21H24N2O5S/c1-16-10-11-17(14-19(16)29(26,27)23-12-6-3-7-13-23)21(25)28-15-20(24)22-18-8-4-2-5-9-18/h2,4-5,8-11,14H,3,6-7,12-13,15H2,1H3,(H,22,24). The minimum atomic E-state index is -3.67. The van der Waals surface area contributed by atoms with E-state index >= 15 is 0 Å². The van der Waals surface area contributed by atoms with Crippen LogP contribution in [-0.4, -0.2) is 44.3 Å². The molecule has 29 heavy (non-hydrogen) atoms. The first-order chi connectivity index (χ1) is 13.9. The largest absolute Gasteiger partial charge is 0.452 e. The lowest BCUT2D eigenvalue weighted by molar-refractivity contribution is -0.119. The van der Waals surface area contributed by atoms with Crippen molar-refractivity contribution in [2.45, 2.75) is 31.1 Å². The number of rotatable bonds is 6. The van der Waals surface area contributed by atoms with Crippen LogP contribution >= 0.6 is 0 Å². The van der Waals surface area contributed by atoms with Crippen LogP contribution in [0, 0.1) is 6.92 Å². The first-order valence-corrected chi connectivity index (χ1v) is 10.9. The Balaban J connectivity index is 1.68. The molecule has 3 rings (SSSR count). The molecule has 1 saturated heterocycles. The van der Waals surface area contributed by atoms with E-state index in [4.69, 9.17) is 4.74 Å². The number of anilines is 1. The normalized spacial score (nSPS) is 14.9. The highest BCUT2D eigenvalue weighted by Gasteiger charge is 2.28. The monoisotopic (exact) mass is 416 g/mol.